The number of β-amino-alcohol motifs (C(OH)–C–C–N with tert-alkyl or cyclic N) is 1. The van der Waals surface area contributed by atoms with Gasteiger partial charge in [0.15, 0.2) is 0 Å². The van der Waals surface area contributed by atoms with Crippen molar-refractivity contribution < 1.29 is 10.2 Å². The quantitative estimate of drug-likeness (QED) is 0.799. The van der Waals surface area contributed by atoms with Crippen LogP contribution in [-0.2, 0) is 0 Å². The topological polar surface area (TPSA) is 43.7 Å². The normalized spacial score (nSPS) is 27.1. The lowest BCUT2D eigenvalue weighted by Gasteiger charge is -2.21. The number of nitrogens with zero attached hydrogens (tertiary/aromatic N) is 1. The zero-order valence-corrected chi connectivity index (χ0v) is 9.85. The first-order chi connectivity index (χ1) is 7.48. The number of rotatable bonds is 2. The molecule has 1 aromatic carbocycles. The van der Waals surface area contributed by atoms with E-state index < -0.39 is 11.7 Å². The van der Waals surface area contributed by atoms with E-state index in [1.54, 1.807) is 6.92 Å². The number of anilines is 1. The number of aliphatic hydroxyl groups excluding tert-OH is 1. The molecule has 0 spiro atoms. The van der Waals surface area contributed by atoms with Crippen molar-refractivity contribution in [1.29, 1.82) is 0 Å². The monoisotopic (exact) mass is 221 g/mol. The number of hydrogen-bond donors (Lipinski definition) is 2. The van der Waals surface area contributed by atoms with Gasteiger partial charge in [-0.1, -0.05) is 12.1 Å². The molecule has 0 radical (unpaired) electrons. The molecular formula is C13H19NO2. The van der Waals surface area contributed by atoms with Crippen molar-refractivity contribution >= 4 is 5.69 Å². The average Bonchev–Trinajstić information content (AvgIpc) is 2.59. The molecule has 1 unspecified atom stereocenters. The maximum Gasteiger partial charge on any atom is 0.0810 e. The lowest BCUT2D eigenvalue weighted by atomic mass is 10.1. The van der Waals surface area contributed by atoms with Crippen LogP contribution in [0.1, 0.15) is 31.9 Å². The molecule has 0 aliphatic carbocycles. The van der Waals surface area contributed by atoms with Crippen LogP contribution in [0, 0.1) is 0 Å². The molecule has 3 nitrogen and oxygen atoms in total. The Bertz CT molecular complexity index is 357. The summed E-state index contributed by atoms with van der Waals surface area (Å²) in [4.78, 5) is 2.17. The van der Waals surface area contributed by atoms with Crippen molar-refractivity contribution in [2.24, 2.45) is 0 Å². The molecule has 1 aliphatic rings. The molecule has 2 N–H and O–H groups in total. The van der Waals surface area contributed by atoms with Crippen LogP contribution in [0.2, 0.25) is 0 Å². The minimum Gasteiger partial charge on any atom is -0.389 e. The molecule has 0 amide bonds. The van der Waals surface area contributed by atoms with E-state index in [0.29, 0.717) is 6.54 Å². The molecular weight excluding hydrogens is 202 g/mol. The second-order valence-corrected chi connectivity index (χ2v) is 4.94. The van der Waals surface area contributed by atoms with Crippen LogP contribution in [0.25, 0.3) is 0 Å². The molecule has 1 aromatic rings. The predicted octanol–water partition coefficient (Wildman–Crippen LogP) is 1.70. The standard InChI is InChI=1S/C13H19NO2/c1-10(15)11-3-5-12(6-4-11)14-8-7-13(2,16)9-14/h3-6,10,15-16H,7-9H2,1-2H3/t10-,13?/m0/s1. The Labute approximate surface area is 96.3 Å². The molecule has 0 saturated carbocycles. The van der Waals surface area contributed by atoms with E-state index in [9.17, 15) is 10.2 Å². The van der Waals surface area contributed by atoms with E-state index in [1.165, 1.54) is 0 Å². The molecule has 1 saturated heterocycles. The first-order valence-electron chi connectivity index (χ1n) is 5.73. The van der Waals surface area contributed by atoms with Gasteiger partial charge in [-0.15, -0.1) is 0 Å². The summed E-state index contributed by atoms with van der Waals surface area (Å²) in [5, 5.41) is 19.3. The zero-order chi connectivity index (χ0) is 11.8. The Morgan fingerprint density at radius 3 is 2.38 bits per heavy atom. The molecule has 0 bridgehead atoms. The van der Waals surface area contributed by atoms with Crippen molar-refractivity contribution in [2.45, 2.75) is 32.0 Å². The maximum atomic E-state index is 9.89. The maximum absolute atomic E-state index is 9.89. The molecule has 0 aromatic heterocycles. The van der Waals surface area contributed by atoms with Crippen LogP contribution in [0.3, 0.4) is 0 Å². The second-order valence-electron chi connectivity index (χ2n) is 4.94. The minimum atomic E-state index is -0.567. The predicted molar refractivity (Wildman–Crippen MR) is 64.5 cm³/mol. The first-order valence-corrected chi connectivity index (χ1v) is 5.73. The highest BCUT2D eigenvalue weighted by molar-refractivity contribution is 5.49. The van der Waals surface area contributed by atoms with Gasteiger partial charge in [0.25, 0.3) is 0 Å². The fraction of sp³-hybridized carbons (Fsp3) is 0.538. The average molecular weight is 221 g/mol. The van der Waals surface area contributed by atoms with Crippen LogP contribution in [0.4, 0.5) is 5.69 Å². The van der Waals surface area contributed by atoms with E-state index >= 15 is 0 Å². The summed E-state index contributed by atoms with van der Waals surface area (Å²) in [6.07, 6.45) is 0.390. The summed E-state index contributed by atoms with van der Waals surface area (Å²) in [6.45, 7) is 5.20. The Morgan fingerprint density at radius 2 is 1.94 bits per heavy atom. The van der Waals surface area contributed by atoms with Gasteiger partial charge in [0.2, 0.25) is 0 Å². The van der Waals surface area contributed by atoms with Gasteiger partial charge in [0, 0.05) is 18.8 Å². The highest BCUT2D eigenvalue weighted by Gasteiger charge is 2.31. The van der Waals surface area contributed by atoms with E-state index in [2.05, 4.69) is 4.90 Å². The molecule has 1 fully saturated rings. The van der Waals surface area contributed by atoms with Gasteiger partial charge in [-0.25, -0.2) is 0 Å². The highest BCUT2D eigenvalue weighted by atomic mass is 16.3. The Morgan fingerprint density at radius 1 is 1.31 bits per heavy atom. The Balaban J connectivity index is 2.11. The highest BCUT2D eigenvalue weighted by Crippen LogP contribution is 2.27. The van der Waals surface area contributed by atoms with Gasteiger partial charge in [-0.3, -0.25) is 0 Å². The Kier molecular flexibility index (Phi) is 2.91. The van der Waals surface area contributed by atoms with E-state index in [0.717, 1.165) is 24.2 Å². The summed E-state index contributed by atoms with van der Waals surface area (Å²) in [6, 6.07) is 7.88. The van der Waals surface area contributed by atoms with Gasteiger partial charge in [-0.2, -0.15) is 0 Å². The van der Waals surface area contributed by atoms with Crippen molar-refractivity contribution in [3.63, 3.8) is 0 Å². The van der Waals surface area contributed by atoms with Crippen LogP contribution < -0.4 is 4.90 Å². The Hall–Kier alpha value is -1.06. The molecule has 1 heterocycles. The van der Waals surface area contributed by atoms with Gasteiger partial charge in [-0.05, 0) is 38.0 Å². The van der Waals surface area contributed by atoms with Crippen LogP contribution in [0.15, 0.2) is 24.3 Å². The molecule has 2 rings (SSSR count). The van der Waals surface area contributed by atoms with E-state index in [4.69, 9.17) is 0 Å². The molecule has 1 aliphatic heterocycles. The summed E-state index contributed by atoms with van der Waals surface area (Å²) in [5.74, 6) is 0. The summed E-state index contributed by atoms with van der Waals surface area (Å²) < 4.78 is 0. The van der Waals surface area contributed by atoms with Gasteiger partial charge in [0.1, 0.15) is 0 Å². The molecule has 88 valence electrons. The van der Waals surface area contributed by atoms with Crippen LogP contribution in [0.5, 0.6) is 0 Å². The van der Waals surface area contributed by atoms with Gasteiger partial charge >= 0.3 is 0 Å². The smallest absolute Gasteiger partial charge is 0.0810 e. The minimum absolute atomic E-state index is 0.421. The van der Waals surface area contributed by atoms with E-state index in [-0.39, 0.29) is 0 Å². The second kappa shape index (κ2) is 4.07. The van der Waals surface area contributed by atoms with Gasteiger partial charge in [0.05, 0.1) is 11.7 Å². The summed E-state index contributed by atoms with van der Waals surface area (Å²) in [5.41, 5.74) is 1.47. The third-order valence-corrected chi connectivity index (χ3v) is 3.19. The lowest BCUT2D eigenvalue weighted by Crippen LogP contribution is -2.29. The zero-order valence-electron chi connectivity index (χ0n) is 9.85. The number of aliphatic hydroxyl groups is 2. The lowest BCUT2D eigenvalue weighted by molar-refractivity contribution is 0.0839. The van der Waals surface area contributed by atoms with Crippen LogP contribution >= 0.6 is 0 Å². The SMILES string of the molecule is C[C@H](O)c1ccc(N2CCC(C)(O)C2)cc1. The summed E-state index contributed by atoms with van der Waals surface area (Å²) in [7, 11) is 0. The fourth-order valence-corrected chi connectivity index (χ4v) is 2.13. The molecule has 2 atom stereocenters. The summed E-state index contributed by atoms with van der Waals surface area (Å²) >= 11 is 0. The van der Waals surface area contributed by atoms with E-state index in [1.807, 2.05) is 31.2 Å². The van der Waals surface area contributed by atoms with Crippen molar-refractivity contribution in [2.75, 3.05) is 18.0 Å². The first kappa shape index (κ1) is 11.4. The van der Waals surface area contributed by atoms with Crippen LogP contribution in [-0.4, -0.2) is 28.9 Å². The number of hydrogen-bond acceptors (Lipinski definition) is 3. The largest absolute Gasteiger partial charge is 0.389 e. The van der Waals surface area contributed by atoms with Crippen molar-refractivity contribution in [3.8, 4) is 0 Å². The van der Waals surface area contributed by atoms with Crippen molar-refractivity contribution in [3.05, 3.63) is 29.8 Å². The van der Waals surface area contributed by atoms with Crippen molar-refractivity contribution in [1.82, 2.24) is 0 Å². The third-order valence-electron chi connectivity index (χ3n) is 3.19. The third kappa shape index (κ3) is 2.36. The molecule has 3 heteroatoms. The molecule has 16 heavy (non-hydrogen) atoms. The van der Waals surface area contributed by atoms with Gasteiger partial charge < -0.3 is 15.1 Å². The fourth-order valence-electron chi connectivity index (χ4n) is 2.13. The number of benzene rings is 1.